The number of ether oxygens (including phenoxy) is 3. The Morgan fingerprint density at radius 3 is 1.72 bits per heavy atom. The van der Waals surface area contributed by atoms with Gasteiger partial charge in [0.25, 0.3) is 0 Å². The maximum absolute atomic E-state index is 12.7. The van der Waals surface area contributed by atoms with Crippen molar-refractivity contribution in [3.8, 4) is 0 Å². The maximum Gasteiger partial charge on any atom is 0.472 e. The van der Waals surface area contributed by atoms with Crippen molar-refractivity contribution in [3.63, 3.8) is 0 Å². The van der Waals surface area contributed by atoms with Crippen molar-refractivity contribution in [1.29, 1.82) is 0 Å². The van der Waals surface area contributed by atoms with Crippen LogP contribution in [0.2, 0.25) is 0 Å². The lowest BCUT2D eigenvalue weighted by Gasteiger charge is -2.24. The number of carbonyl (C=O) groups excluding carboxylic acids is 2. The largest absolute Gasteiger partial charge is 0.472 e. The highest BCUT2D eigenvalue weighted by Gasteiger charge is 2.36. The van der Waals surface area contributed by atoms with E-state index in [0.29, 0.717) is 36.1 Å². The van der Waals surface area contributed by atoms with Crippen LogP contribution >= 0.6 is 7.82 Å². The molecular formula is C50H89NO9P+. The lowest BCUT2D eigenvalue weighted by Crippen LogP contribution is -2.37. The molecule has 0 saturated carbocycles. The van der Waals surface area contributed by atoms with Gasteiger partial charge in [0.05, 0.1) is 40.0 Å². The molecular weight excluding hydrogens is 790 g/mol. The van der Waals surface area contributed by atoms with Crippen molar-refractivity contribution >= 4 is 19.8 Å². The second-order valence-corrected chi connectivity index (χ2v) is 19.0. The molecule has 11 heteroatoms. The number of allylic oxidation sites excluding steroid dienone is 9. The smallest absolute Gasteiger partial charge is 0.462 e. The summed E-state index contributed by atoms with van der Waals surface area (Å²) >= 11 is 0. The van der Waals surface area contributed by atoms with Crippen LogP contribution in [0.15, 0.2) is 60.8 Å². The minimum absolute atomic E-state index is 0.0180. The average molecular weight is 879 g/mol. The van der Waals surface area contributed by atoms with Gasteiger partial charge in [-0.15, -0.1) is 0 Å². The minimum Gasteiger partial charge on any atom is -0.462 e. The number of hydrogen-bond donors (Lipinski definition) is 1. The summed E-state index contributed by atoms with van der Waals surface area (Å²) in [6.45, 7) is 4.29. The van der Waals surface area contributed by atoms with Crippen LogP contribution in [0.1, 0.15) is 181 Å². The number of likely N-dealkylation sites (N-methyl/N-ethyl adjacent to an activating group) is 1. The molecule has 0 aromatic carbocycles. The van der Waals surface area contributed by atoms with E-state index in [1.807, 2.05) is 21.1 Å². The first-order valence-electron chi connectivity index (χ1n) is 24.1. The van der Waals surface area contributed by atoms with Gasteiger partial charge in [0.1, 0.15) is 19.8 Å². The number of nitrogens with zero attached hydrogens (tertiary/aromatic N) is 1. The molecule has 0 aromatic rings. The summed E-state index contributed by atoms with van der Waals surface area (Å²) in [5, 5.41) is 0. The van der Waals surface area contributed by atoms with Gasteiger partial charge in [0.2, 0.25) is 0 Å². The van der Waals surface area contributed by atoms with Crippen molar-refractivity contribution in [2.75, 3.05) is 47.5 Å². The first-order valence-corrected chi connectivity index (χ1v) is 25.6. The fraction of sp³-hybridized carbons (Fsp3) is 0.760. The van der Waals surface area contributed by atoms with Gasteiger partial charge >= 0.3 is 19.8 Å². The second kappa shape index (κ2) is 38.2. The van der Waals surface area contributed by atoms with Crippen molar-refractivity contribution in [1.82, 2.24) is 0 Å². The molecule has 1 heterocycles. The van der Waals surface area contributed by atoms with E-state index in [1.165, 1.54) is 83.5 Å². The van der Waals surface area contributed by atoms with Gasteiger partial charge in [-0.05, 0) is 77.0 Å². The van der Waals surface area contributed by atoms with Gasteiger partial charge in [-0.1, -0.05) is 152 Å². The second-order valence-electron chi connectivity index (χ2n) is 17.5. The van der Waals surface area contributed by atoms with E-state index in [-0.39, 0.29) is 26.1 Å². The molecule has 0 bridgehead atoms. The summed E-state index contributed by atoms with van der Waals surface area (Å²) in [6, 6.07) is 0. The summed E-state index contributed by atoms with van der Waals surface area (Å²) in [7, 11) is 1.43. The number of phosphoric acid groups is 1. The van der Waals surface area contributed by atoms with Crippen molar-refractivity contribution in [3.05, 3.63) is 60.8 Å². The zero-order valence-corrected chi connectivity index (χ0v) is 40.2. The molecule has 0 radical (unpaired) electrons. The number of carbonyl (C=O) groups is 2. The molecule has 0 spiro atoms. The number of epoxide rings is 1. The predicted molar refractivity (Wildman–Crippen MR) is 251 cm³/mol. The lowest BCUT2D eigenvalue weighted by atomic mass is 10.1. The van der Waals surface area contributed by atoms with E-state index in [4.69, 9.17) is 23.3 Å². The van der Waals surface area contributed by atoms with Crippen LogP contribution in [-0.2, 0) is 37.4 Å². The van der Waals surface area contributed by atoms with Crippen LogP contribution in [0.25, 0.3) is 0 Å². The molecule has 0 aromatic heterocycles. The highest BCUT2D eigenvalue weighted by Crippen LogP contribution is 2.43. The highest BCUT2D eigenvalue weighted by molar-refractivity contribution is 7.47. The van der Waals surface area contributed by atoms with Crippen molar-refractivity contribution in [2.45, 2.75) is 199 Å². The number of rotatable bonds is 42. The lowest BCUT2D eigenvalue weighted by molar-refractivity contribution is -0.870. The molecule has 1 rings (SSSR count). The van der Waals surface area contributed by atoms with Crippen molar-refractivity contribution < 1.29 is 46.8 Å². The zero-order valence-electron chi connectivity index (χ0n) is 39.3. The molecule has 1 aliphatic rings. The van der Waals surface area contributed by atoms with Crippen LogP contribution in [0.4, 0.5) is 0 Å². The number of unbranched alkanes of at least 4 members (excludes halogenated alkanes) is 15. The normalized spacial score (nSPS) is 17.3. The Morgan fingerprint density at radius 2 is 1.11 bits per heavy atom. The molecule has 1 fully saturated rings. The third-order valence-corrected chi connectivity index (χ3v) is 11.4. The number of hydrogen-bond acceptors (Lipinski definition) is 8. The Hall–Kier alpha value is -2.33. The molecule has 0 aliphatic carbocycles. The molecule has 352 valence electrons. The van der Waals surface area contributed by atoms with Gasteiger partial charge < -0.3 is 23.6 Å². The van der Waals surface area contributed by atoms with Crippen LogP contribution in [-0.4, -0.2) is 87.1 Å². The van der Waals surface area contributed by atoms with E-state index >= 15 is 0 Å². The Bertz CT molecular complexity index is 1290. The predicted octanol–water partition coefficient (Wildman–Crippen LogP) is 13.0. The Kier molecular flexibility index (Phi) is 35.5. The maximum atomic E-state index is 12.7. The number of esters is 2. The van der Waals surface area contributed by atoms with Gasteiger partial charge in [-0.2, -0.15) is 0 Å². The van der Waals surface area contributed by atoms with Crippen LogP contribution < -0.4 is 0 Å². The van der Waals surface area contributed by atoms with Gasteiger partial charge in [0.15, 0.2) is 6.10 Å². The van der Waals surface area contributed by atoms with Crippen LogP contribution in [0.3, 0.4) is 0 Å². The third kappa shape index (κ3) is 39.0. The first-order chi connectivity index (χ1) is 29.5. The molecule has 3 unspecified atom stereocenters. The molecule has 10 nitrogen and oxygen atoms in total. The summed E-state index contributed by atoms with van der Waals surface area (Å²) in [6.07, 6.45) is 48.8. The third-order valence-electron chi connectivity index (χ3n) is 10.4. The molecule has 1 saturated heterocycles. The minimum atomic E-state index is -4.40. The molecule has 0 amide bonds. The fourth-order valence-corrected chi connectivity index (χ4v) is 7.28. The average Bonchev–Trinajstić information content (AvgIpc) is 3.97. The van der Waals surface area contributed by atoms with Crippen molar-refractivity contribution in [2.24, 2.45) is 0 Å². The van der Waals surface area contributed by atoms with E-state index in [9.17, 15) is 19.0 Å². The standard InChI is InChI=1S/C50H88NO9P/c1-6-8-10-11-12-13-14-15-16-17-18-19-20-21-22-27-30-33-37-41-50(53)59-46(45-58-61(54,55)57-43-42-51(3,4)5)44-56-49(52)40-36-32-29-26-24-23-25-28-31-35-39-48-47(60-48)38-34-9-7-2/h12-13,15-16,23,25-26,29,31,35,46-48H,6-11,14,17-22,24,27-28,30,32-34,36-45H2,1-5H3/p+1/b13-12-,16-15-,25-23-,29-26-,35-31-/t46-,47?,48?/m1/s1. The Labute approximate surface area is 372 Å². The molecule has 1 N–H and O–H groups in total. The SMILES string of the molecule is CCCCC/C=C\C/C=C\CCCCCCCCCCCC(=O)O[C@H](COC(=O)CCC/C=C\C/C=C\C/C=C\CC1OC1CCCCC)COP(=O)(O)OCC[N+](C)(C)C. The summed E-state index contributed by atoms with van der Waals surface area (Å²) < 4.78 is 40.1. The first kappa shape index (κ1) is 56.7. The van der Waals surface area contributed by atoms with Crippen LogP contribution in [0.5, 0.6) is 0 Å². The van der Waals surface area contributed by atoms with E-state index in [1.54, 1.807) is 0 Å². The Morgan fingerprint density at radius 1 is 0.607 bits per heavy atom. The number of quaternary nitrogens is 1. The molecule has 1 aliphatic heterocycles. The summed E-state index contributed by atoms with van der Waals surface area (Å²) in [5.74, 6) is -0.875. The zero-order chi connectivity index (χ0) is 44.7. The van der Waals surface area contributed by atoms with E-state index in [2.05, 4.69) is 74.6 Å². The van der Waals surface area contributed by atoms with Gasteiger partial charge in [-0.3, -0.25) is 18.6 Å². The quantitative estimate of drug-likeness (QED) is 0.0159. The van der Waals surface area contributed by atoms with E-state index < -0.39 is 32.5 Å². The molecule has 4 atom stereocenters. The topological polar surface area (TPSA) is 121 Å². The summed E-state index contributed by atoms with van der Waals surface area (Å²) in [5.41, 5.74) is 0. The van der Waals surface area contributed by atoms with Gasteiger partial charge in [0, 0.05) is 12.8 Å². The van der Waals surface area contributed by atoms with Gasteiger partial charge in [-0.25, -0.2) is 4.57 Å². The Balaban J connectivity index is 2.28. The number of phosphoric ester groups is 1. The van der Waals surface area contributed by atoms with Crippen LogP contribution in [0, 0.1) is 0 Å². The highest BCUT2D eigenvalue weighted by atomic mass is 31.2. The summed E-state index contributed by atoms with van der Waals surface area (Å²) in [4.78, 5) is 35.5. The molecule has 61 heavy (non-hydrogen) atoms. The monoisotopic (exact) mass is 879 g/mol. The fourth-order valence-electron chi connectivity index (χ4n) is 6.54. The van der Waals surface area contributed by atoms with E-state index in [0.717, 1.165) is 57.8 Å².